The molecule has 188 valence electrons. The maximum atomic E-state index is 14.0. The number of carbonyl (C=O) groups excluding carboxylic acids is 2. The molecule has 1 heterocycles. The smallest absolute Gasteiger partial charge is 0.245 e. The van der Waals surface area contributed by atoms with Gasteiger partial charge in [-0.1, -0.05) is 48.5 Å². The van der Waals surface area contributed by atoms with Gasteiger partial charge in [-0.05, 0) is 48.2 Å². The number of aryl methyl sites for hydroxylation is 1. The quantitative estimate of drug-likeness (QED) is 0.502. The average molecular weight is 510 g/mol. The van der Waals surface area contributed by atoms with Crippen LogP contribution in [-0.4, -0.2) is 31.1 Å². The number of amides is 2. The van der Waals surface area contributed by atoms with Crippen LogP contribution in [0.3, 0.4) is 0 Å². The number of nitrogens with one attached hydrogen (secondary N) is 2. The first-order valence-electron chi connectivity index (χ1n) is 11.6. The second-order valence-corrected chi connectivity index (χ2v) is 10.7. The van der Waals surface area contributed by atoms with Crippen LogP contribution in [0.4, 0.5) is 10.1 Å². The first kappa shape index (κ1) is 25.5. The van der Waals surface area contributed by atoms with Gasteiger partial charge in [0, 0.05) is 32.0 Å². The highest BCUT2D eigenvalue weighted by Gasteiger charge is 2.38. The molecule has 2 amide bonds. The Kier molecular flexibility index (Phi) is 7.51. The first-order chi connectivity index (χ1) is 17.2. The summed E-state index contributed by atoms with van der Waals surface area (Å²) in [6, 6.07) is 17.7. The third kappa shape index (κ3) is 5.47. The highest BCUT2D eigenvalue weighted by molar-refractivity contribution is 7.89. The van der Waals surface area contributed by atoms with E-state index in [1.807, 2.05) is 24.3 Å². The molecule has 1 unspecified atom stereocenters. The van der Waals surface area contributed by atoms with Crippen LogP contribution in [-0.2, 0) is 32.6 Å². The maximum Gasteiger partial charge on any atom is 0.245 e. The van der Waals surface area contributed by atoms with Gasteiger partial charge in [0.15, 0.2) is 0 Å². The Morgan fingerprint density at radius 3 is 2.53 bits per heavy atom. The van der Waals surface area contributed by atoms with Crippen LogP contribution in [0.2, 0.25) is 0 Å². The van der Waals surface area contributed by atoms with Gasteiger partial charge in [-0.3, -0.25) is 9.59 Å². The van der Waals surface area contributed by atoms with Gasteiger partial charge >= 0.3 is 0 Å². The van der Waals surface area contributed by atoms with Crippen LogP contribution in [0.5, 0.6) is 0 Å². The molecule has 0 radical (unpaired) electrons. The van der Waals surface area contributed by atoms with Crippen LogP contribution in [0.25, 0.3) is 0 Å². The van der Waals surface area contributed by atoms with Gasteiger partial charge in [0.1, 0.15) is 10.7 Å². The second-order valence-electron chi connectivity index (χ2n) is 8.83. The fraction of sp³-hybridized carbons (Fsp3) is 0.259. The van der Waals surface area contributed by atoms with Gasteiger partial charge in [0.05, 0.1) is 11.7 Å². The molecule has 0 aromatic heterocycles. The Morgan fingerprint density at radius 2 is 1.78 bits per heavy atom. The van der Waals surface area contributed by atoms with Crippen LogP contribution in [0, 0.1) is 12.7 Å². The van der Waals surface area contributed by atoms with Crippen LogP contribution < -0.4 is 10.6 Å². The summed E-state index contributed by atoms with van der Waals surface area (Å²) < 4.78 is 43.2. The lowest BCUT2D eigenvalue weighted by Gasteiger charge is -2.36. The zero-order valence-corrected chi connectivity index (χ0v) is 20.9. The predicted octanol–water partition coefficient (Wildman–Crippen LogP) is 4.09. The Bertz CT molecular complexity index is 1410. The van der Waals surface area contributed by atoms with Gasteiger partial charge in [-0.2, -0.15) is 4.31 Å². The molecule has 7 nitrogen and oxygen atoms in total. The number of hydrogen-bond acceptors (Lipinski definition) is 4. The number of anilines is 1. The van der Waals surface area contributed by atoms with Crippen molar-refractivity contribution in [3.63, 3.8) is 0 Å². The van der Waals surface area contributed by atoms with E-state index in [0.29, 0.717) is 12.0 Å². The zero-order valence-electron chi connectivity index (χ0n) is 20.1. The molecular weight excluding hydrogens is 481 g/mol. The van der Waals surface area contributed by atoms with Crippen molar-refractivity contribution < 1.29 is 22.4 Å². The summed E-state index contributed by atoms with van der Waals surface area (Å²) in [6.45, 7) is 3.26. The number of hydrogen-bond donors (Lipinski definition) is 2. The monoisotopic (exact) mass is 509 g/mol. The molecule has 9 heteroatoms. The van der Waals surface area contributed by atoms with E-state index in [1.54, 1.807) is 37.3 Å². The predicted molar refractivity (Wildman–Crippen MR) is 135 cm³/mol. The fourth-order valence-corrected chi connectivity index (χ4v) is 6.31. The van der Waals surface area contributed by atoms with Crippen LogP contribution in [0.1, 0.15) is 41.6 Å². The minimum atomic E-state index is -4.09. The summed E-state index contributed by atoms with van der Waals surface area (Å²) in [5.74, 6) is -1.20. The van der Waals surface area contributed by atoms with E-state index in [2.05, 4.69) is 10.6 Å². The molecule has 1 aliphatic rings. The zero-order chi connectivity index (χ0) is 25.9. The summed E-state index contributed by atoms with van der Waals surface area (Å²) in [7, 11) is -4.09. The molecule has 0 fully saturated rings. The largest absolute Gasteiger partial charge is 0.352 e. The molecule has 0 saturated heterocycles. The lowest BCUT2D eigenvalue weighted by Crippen LogP contribution is -2.42. The molecule has 36 heavy (non-hydrogen) atoms. The van der Waals surface area contributed by atoms with Gasteiger partial charge in [0.2, 0.25) is 21.8 Å². The highest BCUT2D eigenvalue weighted by atomic mass is 32.2. The van der Waals surface area contributed by atoms with Crippen molar-refractivity contribution in [2.45, 2.75) is 44.2 Å². The third-order valence-electron chi connectivity index (χ3n) is 6.21. The molecule has 0 spiro atoms. The van der Waals surface area contributed by atoms with Gasteiger partial charge < -0.3 is 10.6 Å². The number of rotatable bonds is 7. The van der Waals surface area contributed by atoms with Gasteiger partial charge in [0.25, 0.3) is 0 Å². The lowest BCUT2D eigenvalue weighted by atomic mass is 9.92. The van der Waals surface area contributed by atoms with E-state index in [9.17, 15) is 22.4 Å². The maximum absolute atomic E-state index is 14.0. The topological polar surface area (TPSA) is 95.6 Å². The Morgan fingerprint density at radius 1 is 1.06 bits per heavy atom. The standard InChI is InChI=1S/C27H28FN3O4S/c1-18-11-12-24(30-19(2)32)26(15-18)36(34,35)31-14-13-20-7-3-5-9-22(20)25(31)16-27(33)29-17-21-8-4-6-10-23(21)28/h3-12,15,25H,13-14,16-17H2,1-2H3,(H,29,33)(H,30,32). The number of benzene rings is 3. The summed E-state index contributed by atoms with van der Waals surface area (Å²) in [5, 5.41) is 5.32. The lowest BCUT2D eigenvalue weighted by molar-refractivity contribution is -0.122. The molecule has 1 atom stereocenters. The summed E-state index contributed by atoms with van der Waals surface area (Å²) >= 11 is 0. The molecule has 3 aromatic rings. The van der Waals surface area contributed by atoms with Crippen molar-refractivity contribution >= 4 is 27.5 Å². The molecule has 2 N–H and O–H groups in total. The fourth-order valence-electron chi connectivity index (χ4n) is 4.47. The molecule has 3 aromatic carbocycles. The van der Waals surface area contributed by atoms with Gasteiger partial charge in [-0.25, -0.2) is 12.8 Å². The van der Waals surface area contributed by atoms with E-state index < -0.39 is 27.8 Å². The molecule has 0 aliphatic carbocycles. The molecule has 0 bridgehead atoms. The number of nitrogens with zero attached hydrogens (tertiary/aromatic N) is 1. The van der Waals surface area contributed by atoms with Crippen LogP contribution in [0.15, 0.2) is 71.6 Å². The highest BCUT2D eigenvalue weighted by Crippen LogP contribution is 2.38. The minimum absolute atomic E-state index is 0.00279. The van der Waals surface area contributed by atoms with Crippen LogP contribution >= 0.6 is 0 Å². The Hall–Kier alpha value is -3.56. The molecule has 0 saturated carbocycles. The normalized spacial score (nSPS) is 15.7. The minimum Gasteiger partial charge on any atom is -0.352 e. The van der Waals surface area contributed by atoms with E-state index in [0.717, 1.165) is 16.7 Å². The van der Waals surface area contributed by atoms with Crippen molar-refractivity contribution in [2.24, 2.45) is 0 Å². The number of fused-ring (bicyclic) bond motifs is 1. The number of halogens is 1. The first-order valence-corrected chi connectivity index (χ1v) is 13.1. The molecule has 1 aliphatic heterocycles. The van der Waals surface area contributed by atoms with E-state index in [1.165, 1.54) is 23.4 Å². The number of sulfonamides is 1. The van der Waals surface area contributed by atoms with Crippen molar-refractivity contribution in [2.75, 3.05) is 11.9 Å². The van der Waals surface area contributed by atoms with Crippen molar-refractivity contribution in [3.8, 4) is 0 Å². The van der Waals surface area contributed by atoms with Crippen molar-refractivity contribution in [1.29, 1.82) is 0 Å². The van der Waals surface area contributed by atoms with E-state index in [4.69, 9.17) is 0 Å². The van der Waals surface area contributed by atoms with Gasteiger partial charge in [-0.15, -0.1) is 0 Å². The summed E-state index contributed by atoms with van der Waals surface area (Å²) in [4.78, 5) is 24.7. The summed E-state index contributed by atoms with van der Waals surface area (Å²) in [6.07, 6.45) is 0.357. The van der Waals surface area contributed by atoms with E-state index in [-0.39, 0.29) is 36.0 Å². The summed E-state index contributed by atoms with van der Waals surface area (Å²) in [5.41, 5.74) is 2.98. The average Bonchev–Trinajstić information content (AvgIpc) is 2.84. The third-order valence-corrected chi connectivity index (χ3v) is 8.16. The van der Waals surface area contributed by atoms with E-state index >= 15 is 0 Å². The van der Waals surface area contributed by atoms with Crippen molar-refractivity contribution in [3.05, 3.63) is 94.8 Å². The Labute approximate surface area is 210 Å². The SMILES string of the molecule is CC(=O)Nc1ccc(C)cc1S(=O)(=O)N1CCc2ccccc2C1CC(=O)NCc1ccccc1F. The molecular formula is C27H28FN3O4S. The second kappa shape index (κ2) is 10.6. The Balaban J connectivity index is 1.67. The molecule has 4 rings (SSSR count). The number of carbonyl (C=O) groups is 2. The van der Waals surface area contributed by atoms with Crippen molar-refractivity contribution in [1.82, 2.24) is 9.62 Å².